The maximum Gasteiger partial charge on any atom is 0.315 e. The number of urea groups is 1. The highest BCUT2D eigenvalue weighted by Crippen LogP contribution is 2.32. The zero-order valence-corrected chi connectivity index (χ0v) is 13.2. The van der Waals surface area contributed by atoms with E-state index in [2.05, 4.69) is 10.6 Å². The average molecular weight is 330 g/mol. The Morgan fingerprint density at radius 3 is 2.83 bits per heavy atom. The molecule has 1 saturated heterocycles. The first-order valence-electron chi connectivity index (χ1n) is 8.06. The number of hydrogen-bond donors (Lipinski definition) is 2. The SMILES string of the molecule is N#Cc1ccc(CNC(=O)NCC2CC(=O)N(C3CC3)C2)c(F)c1. The topological polar surface area (TPSA) is 85.2 Å². The number of carbonyl (C=O) groups is 2. The maximum absolute atomic E-state index is 13.7. The van der Waals surface area contributed by atoms with E-state index < -0.39 is 11.8 Å². The fraction of sp³-hybridized carbons (Fsp3) is 0.471. The Labute approximate surface area is 139 Å². The van der Waals surface area contributed by atoms with Crippen LogP contribution >= 0.6 is 0 Å². The molecule has 1 aliphatic carbocycles. The summed E-state index contributed by atoms with van der Waals surface area (Å²) in [5.41, 5.74) is 0.562. The average Bonchev–Trinajstić information content (AvgIpc) is 3.34. The predicted octanol–water partition coefficient (Wildman–Crippen LogP) is 1.51. The second kappa shape index (κ2) is 6.87. The van der Waals surface area contributed by atoms with Crippen LogP contribution in [0.25, 0.3) is 0 Å². The summed E-state index contributed by atoms with van der Waals surface area (Å²) in [4.78, 5) is 25.6. The van der Waals surface area contributed by atoms with Gasteiger partial charge >= 0.3 is 6.03 Å². The molecule has 1 saturated carbocycles. The summed E-state index contributed by atoms with van der Waals surface area (Å²) in [6.45, 7) is 1.17. The van der Waals surface area contributed by atoms with Crippen LogP contribution in [0.15, 0.2) is 18.2 Å². The van der Waals surface area contributed by atoms with Gasteiger partial charge in [0.05, 0.1) is 11.6 Å². The highest BCUT2D eigenvalue weighted by molar-refractivity contribution is 5.79. The van der Waals surface area contributed by atoms with E-state index in [4.69, 9.17) is 5.26 Å². The molecule has 3 amide bonds. The number of nitriles is 1. The Morgan fingerprint density at radius 2 is 2.17 bits per heavy atom. The number of benzene rings is 1. The molecule has 1 unspecified atom stereocenters. The lowest BCUT2D eigenvalue weighted by Gasteiger charge is -2.16. The summed E-state index contributed by atoms with van der Waals surface area (Å²) in [7, 11) is 0. The van der Waals surface area contributed by atoms with Gasteiger partial charge in [0.25, 0.3) is 0 Å². The van der Waals surface area contributed by atoms with Gasteiger partial charge in [0.1, 0.15) is 5.82 Å². The minimum Gasteiger partial charge on any atom is -0.339 e. The molecule has 7 heteroatoms. The lowest BCUT2D eigenvalue weighted by atomic mass is 10.1. The first-order chi connectivity index (χ1) is 11.6. The van der Waals surface area contributed by atoms with E-state index in [1.54, 1.807) is 0 Å². The molecule has 1 atom stereocenters. The third kappa shape index (κ3) is 3.82. The first kappa shape index (κ1) is 16.2. The van der Waals surface area contributed by atoms with Crippen LogP contribution in [0.4, 0.5) is 9.18 Å². The lowest BCUT2D eigenvalue weighted by Crippen LogP contribution is -2.38. The van der Waals surface area contributed by atoms with Crippen molar-refractivity contribution in [3.63, 3.8) is 0 Å². The van der Waals surface area contributed by atoms with Crippen LogP contribution in [0.2, 0.25) is 0 Å². The number of nitrogens with zero attached hydrogens (tertiary/aromatic N) is 2. The highest BCUT2D eigenvalue weighted by atomic mass is 19.1. The molecule has 2 N–H and O–H groups in total. The summed E-state index contributed by atoms with van der Waals surface area (Å²) in [5.74, 6) is -0.212. The summed E-state index contributed by atoms with van der Waals surface area (Å²) in [6, 6.07) is 6.02. The molecule has 2 fully saturated rings. The van der Waals surface area contributed by atoms with Crippen molar-refractivity contribution in [1.29, 1.82) is 5.26 Å². The van der Waals surface area contributed by atoms with Crippen LogP contribution in [0.1, 0.15) is 30.4 Å². The van der Waals surface area contributed by atoms with Crippen LogP contribution in [-0.2, 0) is 11.3 Å². The van der Waals surface area contributed by atoms with Crippen LogP contribution in [0.3, 0.4) is 0 Å². The number of nitrogens with one attached hydrogen (secondary N) is 2. The highest BCUT2D eigenvalue weighted by Gasteiger charge is 2.39. The monoisotopic (exact) mass is 330 g/mol. The van der Waals surface area contributed by atoms with Crippen molar-refractivity contribution in [2.75, 3.05) is 13.1 Å². The molecule has 0 bridgehead atoms. The van der Waals surface area contributed by atoms with Gasteiger partial charge in [-0.05, 0) is 25.0 Å². The van der Waals surface area contributed by atoms with E-state index in [-0.39, 0.29) is 23.9 Å². The summed E-state index contributed by atoms with van der Waals surface area (Å²) in [5, 5.41) is 14.0. The molecular weight excluding hydrogens is 311 g/mol. The summed E-state index contributed by atoms with van der Waals surface area (Å²) >= 11 is 0. The molecule has 6 nitrogen and oxygen atoms in total. The lowest BCUT2D eigenvalue weighted by molar-refractivity contribution is -0.128. The Morgan fingerprint density at radius 1 is 1.38 bits per heavy atom. The minimum absolute atomic E-state index is 0.0428. The molecule has 1 aromatic carbocycles. The number of hydrogen-bond acceptors (Lipinski definition) is 3. The fourth-order valence-corrected chi connectivity index (χ4v) is 2.92. The fourth-order valence-electron chi connectivity index (χ4n) is 2.92. The Balaban J connectivity index is 1.42. The van der Waals surface area contributed by atoms with Crippen LogP contribution < -0.4 is 10.6 Å². The van der Waals surface area contributed by atoms with Crippen LogP contribution in [0.5, 0.6) is 0 Å². The van der Waals surface area contributed by atoms with Crippen molar-refractivity contribution < 1.29 is 14.0 Å². The first-order valence-corrected chi connectivity index (χ1v) is 8.06. The normalized spacial score (nSPS) is 19.9. The zero-order chi connectivity index (χ0) is 17.1. The van der Waals surface area contributed by atoms with Crippen molar-refractivity contribution in [3.05, 3.63) is 35.1 Å². The van der Waals surface area contributed by atoms with Gasteiger partial charge in [0, 0.05) is 43.6 Å². The number of amides is 3. The second-order valence-corrected chi connectivity index (χ2v) is 6.33. The number of halogens is 1. The van der Waals surface area contributed by atoms with E-state index in [0.29, 0.717) is 31.1 Å². The molecular formula is C17H19FN4O2. The van der Waals surface area contributed by atoms with E-state index in [0.717, 1.165) is 18.9 Å². The van der Waals surface area contributed by atoms with Crippen molar-refractivity contribution in [3.8, 4) is 6.07 Å². The van der Waals surface area contributed by atoms with Gasteiger partial charge in [-0.25, -0.2) is 9.18 Å². The van der Waals surface area contributed by atoms with Gasteiger partial charge in [-0.3, -0.25) is 4.79 Å². The molecule has 24 heavy (non-hydrogen) atoms. The molecule has 126 valence electrons. The second-order valence-electron chi connectivity index (χ2n) is 6.33. The maximum atomic E-state index is 13.7. The van der Waals surface area contributed by atoms with Crippen LogP contribution in [-0.4, -0.2) is 36.0 Å². The molecule has 0 spiro atoms. The van der Waals surface area contributed by atoms with Gasteiger partial charge in [0.15, 0.2) is 0 Å². The number of likely N-dealkylation sites (tertiary alicyclic amines) is 1. The van der Waals surface area contributed by atoms with Gasteiger partial charge in [-0.1, -0.05) is 6.07 Å². The number of carbonyl (C=O) groups excluding carboxylic acids is 2. The molecule has 2 aliphatic rings. The van der Waals surface area contributed by atoms with Gasteiger partial charge < -0.3 is 15.5 Å². The quantitative estimate of drug-likeness (QED) is 0.858. The van der Waals surface area contributed by atoms with Gasteiger partial charge in [-0.15, -0.1) is 0 Å². The Kier molecular flexibility index (Phi) is 4.65. The zero-order valence-electron chi connectivity index (χ0n) is 13.2. The van der Waals surface area contributed by atoms with Crippen molar-refractivity contribution in [1.82, 2.24) is 15.5 Å². The Hall–Kier alpha value is -2.62. The third-order valence-corrected chi connectivity index (χ3v) is 4.40. The summed E-state index contributed by atoms with van der Waals surface area (Å²) in [6.07, 6.45) is 2.64. The third-order valence-electron chi connectivity index (χ3n) is 4.40. The largest absolute Gasteiger partial charge is 0.339 e. The van der Waals surface area contributed by atoms with E-state index >= 15 is 0 Å². The predicted molar refractivity (Wildman–Crippen MR) is 84.2 cm³/mol. The Bertz CT molecular complexity index is 696. The molecule has 1 heterocycles. The van der Waals surface area contributed by atoms with Crippen molar-refractivity contribution in [2.24, 2.45) is 5.92 Å². The standard InChI is InChI=1S/C17H19FN4O2/c18-15-5-11(7-19)1-2-13(15)9-21-17(24)20-8-12-6-16(23)22(10-12)14-3-4-14/h1-2,5,12,14H,3-4,6,8-10H2,(H2,20,21,24). The molecule has 1 aliphatic heterocycles. The van der Waals surface area contributed by atoms with E-state index in [1.165, 1.54) is 12.1 Å². The van der Waals surface area contributed by atoms with Crippen molar-refractivity contribution >= 4 is 11.9 Å². The summed E-state index contributed by atoms with van der Waals surface area (Å²) < 4.78 is 13.7. The molecule has 1 aromatic rings. The molecule has 0 aromatic heterocycles. The smallest absolute Gasteiger partial charge is 0.315 e. The van der Waals surface area contributed by atoms with E-state index in [9.17, 15) is 14.0 Å². The number of rotatable bonds is 5. The molecule has 3 rings (SSSR count). The van der Waals surface area contributed by atoms with Gasteiger partial charge in [0.2, 0.25) is 5.91 Å². The van der Waals surface area contributed by atoms with E-state index in [1.807, 2.05) is 11.0 Å². The van der Waals surface area contributed by atoms with Crippen molar-refractivity contribution in [2.45, 2.75) is 31.8 Å². The van der Waals surface area contributed by atoms with Crippen LogP contribution in [0, 0.1) is 23.1 Å². The minimum atomic E-state index is -0.518. The molecule has 0 radical (unpaired) electrons. The van der Waals surface area contributed by atoms with Gasteiger partial charge in [-0.2, -0.15) is 5.26 Å².